The Hall–Kier alpha value is -4.05. The van der Waals surface area contributed by atoms with Crippen LogP contribution in [-0.4, -0.2) is 7.11 Å². The van der Waals surface area contributed by atoms with E-state index in [2.05, 4.69) is 124 Å². The van der Waals surface area contributed by atoms with E-state index in [4.69, 9.17) is 4.74 Å². The fraction of sp³-hybridized carbons (Fsp3) is 0.395. The van der Waals surface area contributed by atoms with Crippen LogP contribution in [0.4, 0.5) is 4.39 Å². The third-order valence-electron chi connectivity index (χ3n) is 11.7. The number of methoxy groups -OCH3 is 1. The molecular weight excluding hydrogens is 579 g/mol. The van der Waals surface area contributed by atoms with E-state index in [9.17, 15) is 0 Å². The molecular formula is C43H49FN2O+2. The van der Waals surface area contributed by atoms with Crippen LogP contribution in [0.2, 0.25) is 0 Å². The van der Waals surface area contributed by atoms with Crippen molar-refractivity contribution in [3.8, 4) is 28.3 Å². The molecule has 0 saturated heterocycles. The van der Waals surface area contributed by atoms with Gasteiger partial charge in [0, 0.05) is 48.4 Å². The summed E-state index contributed by atoms with van der Waals surface area (Å²) in [5, 5.41) is 2.67. The van der Waals surface area contributed by atoms with Gasteiger partial charge in [-0.3, -0.25) is 0 Å². The van der Waals surface area contributed by atoms with Crippen LogP contribution in [0.15, 0.2) is 79.1 Å². The standard InChI is InChI=1S/C43H49FN2O/c1-8-11-14-28-17-20-35-38-33(28)22-24-46-41(38)39-32(19-21-36(44)40(39)42(35,4)5)30(27-43(46,9-2)10-3)25-29-16-18-31(47-7)26-34(29)37-15-12-13-23-45(37)6/h12-13,15-24,26,30H,8-11,14,25,27H2,1-7H3/q+2. The lowest BCUT2D eigenvalue weighted by Gasteiger charge is -2.36. The smallest absolute Gasteiger partial charge is 0.221 e. The van der Waals surface area contributed by atoms with Crippen LogP contribution in [0, 0.1) is 5.82 Å². The number of hydrogen-bond acceptors (Lipinski definition) is 1. The Morgan fingerprint density at radius 3 is 2.43 bits per heavy atom. The van der Waals surface area contributed by atoms with Crippen LogP contribution in [0.3, 0.4) is 0 Å². The molecule has 242 valence electrons. The normalized spacial score (nSPS) is 17.1. The van der Waals surface area contributed by atoms with Crippen molar-refractivity contribution in [2.45, 2.75) is 96.4 Å². The SMILES string of the molecule is CCCCc1ccc2c3c4[n+](ccc13)C(CC)(CC)CC(Cc1ccc(OC)cc1-c1cccc[n+]1C)c1ccc(F)c(c1-4)C2(C)C. The summed E-state index contributed by atoms with van der Waals surface area (Å²) in [5.41, 5.74) is 10.2. The largest absolute Gasteiger partial charge is 0.497 e. The second-order valence-corrected chi connectivity index (χ2v) is 14.5. The van der Waals surface area contributed by atoms with Gasteiger partial charge >= 0.3 is 0 Å². The minimum atomic E-state index is -0.470. The molecule has 0 saturated carbocycles. The number of unbranched alkanes of at least 4 members (excludes halogenated alkanes) is 1. The summed E-state index contributed by atoms with van der Waals surface area (Å²) >= 11 is 0. The maximum Gasteiger partial charge on any atom is 0.221 e. The van der Waals surface area contributed by atoms with Gasteiger partial charge < -0.3 is 4.74 Å². The topological polar surface area (TPSA) is 17.0 Å². The van der Waals surface area contributed by atoms with Gasteiger partial charge in [0.05, 0.1) is 23.6 Å². The van der Waals surface area contributed by atoms with Crippen molar-refractivity contribution in [2.24, 2.45) is 7.05 Å². The van der Waals surface area contributed by atoms with Crippen LogP contribution >= 0.6 is 0 Å². The average Bonchev–Trinajstić information content (AvgIpc) is 3.19. The highest BCUT2D eigenvalue weighted by Crippen LogP contribution is 2.54. The van der Waals surface area contributed by atoms with Crippen molar-refractivity contribution in [1.82, 2.24) is 0 Å². The number of aryl methyl sites for hydroxylation is 2. The number of halogens is 1. The van der Waals surface area contributed by atoms with E-state index < -0.39 is 5.41 Å². The van der Waals surface area contributed by atoms with Gasteiger partial charge in [0.25, 0.3) is 0 Å². The van der Waals surface area contributed by atoms with Crippen LogP contribution in [0.25, 0.3) is 33.3 Å². The zero-order valence-electron chi connectivity index (χ0n) is 29.2. The Labute approximate surface area is 280 Å². The van der Waals surface area contributed by atoms with Crippen LogP contribution < -0.4 is 13.9 Å². The van der Waals surface area contributed by atoms with Crippen molar-refractivity contribution >= 4 is 10.8 Å². The first-order chi connectivity index (χ1) is 22.7. The van der Waals surface area contributed by atoms with Crippen LogP contribution in [-0.2, 0) is 30.8 Å². The Kier molecular flexibility index (Phi) is 7.97. The molecule has 47 heavy (non-hydrogen) atoms. The third-order valence-corrected chi connectivity index (χ3v) is 11.7. The maximum absolute atomic E-state index is 16.5. The molecule has 3 aromatic carbocycles. The lowest BCUT2D eigenvalue weighted by Crippen LogP contribution is -2.57. The molecule has 4 heteroatoms. The lowest BCUT2D eigenvalue weighted by atomic mass is 9.67. The van der Waals surface area contributed by atoms with Gasteiger partial charge in [-0.2, -0.15) is 4.57 Å². The van der Waals surface area contributed by atoms with Gasteiger partial charge in [-0.25, -0.2) is 8.96 Å². The number of rotatable bonds is 9. The van der Waals surface area contributed by atoms with E-state index in [0.717, 1.165) is 67.5 Å². The van der Waals surface area contributed by atoms with E-state index in [-0.39, 0.29) is 17.3 Å². The first kappa shape index (κ1) is 31.5. The Balaban J connectivity index is 1.53. The number of pyridine rings is 2. The summed E-state index contributed by atoms with van der Waals surface area (Å²) in [4.78, 5) is 0. The monoisotopic (exact) mass is 628 g/mol. The fourth-order valence-electron chi connectivity index (χ4n) is 9.03. The van der Waals surface area contributed by atoms with Crippen LogP contribution in [0.1, 0.15) is 100 Å². The molecule has 1 atom stereocenters. The maximum atomic E-state index is 16.5. The highest BCUT2D eigenvalue weighted by atomic mass is 19.1. The van der Waals surface area contributed by atoms with E-state index in [1.807, 2.05) is 0 Å². The summed E-state index contributed by atoms with van der Waals surface area (Å²) in [5.74, 6) is 0.950. The van der Waals surface area contributed by atoms with Gasteiger partial charge in [0.15, 0.2) is 17.9 Å². The molecule has 1 aliphatic carbocycles. The summed E-state index contributed by atoms with van der Waals surface area (Å²) in [6, 6.07) is 23.8. The van der Waals surface area contributed by atoms with Gasteiger partial charge in [0.2, 0.25) is 11.4 Å². The quantitative estimate of drug-likeness (QED) is 0.149. The van der Waals surface area contributed by atoms with Crippen molar-refractivity contribution < 1.29 is 18.3 Å². The minimum absolute atomic E-state index is 0.0984. The zero-order chi connectivity index (χ0) is 33.1. The molecule has 2 aromatic heterocycles. The second kappa shape index (κ2) is 11.9. The molecule has 0 bridgehead atoms. The number of aromatic nitrogens is 2. The summed E-state index contributed by atoms with van der Waals surface area (Å²) in [6.45, 7) is 11.4. The fourth-order valence-corrected chi connectivity index (χ4v) is 9.03. The number of nitrogens with zero attached hydrogens (tertiary/aromatic N) is 2. The predicted molar refractivity (Wildman–Crippen MR) is 190 cm³/mol. The van der Waals surface area contributed by atoms with E-state index >= 15 is 4.39 Å². The van der Waals surface area contributed by atoms with E-state index in [1.165, 1.54) is 44.3 Å². The molecule has 0 fully saturated rings. The second-order valence-electron chi connectivity index (χ2n) is 14.5. The Morgan fingerprint density at radius 1 is 0.915 bits per heavy atom. The molecule has 1 aliphatic heterocycles. The Bertz CT molecular complexity index is 2000. The highest BCUT2D eigenvalue weighted by molar-refractivity contribution is 6.02. The Morgan fingerprint density at radius 2 is 1.70 bits per heavy atom. The number of benzene rings is 3. The molecule has 0 amide bonds. The van der Waals surface area contributed by atoms with Crippen molar-refractivity contribution in [3.63, 3.8) is 0 Å². The molecule has 2 aliphatic rings. The third kappa shape index (κ3) is 4.81. The molecule has 3 nitrogen and oxygen atoms in total. The van der Waals surface area contributed by atoms with Gasteiger partial charge in [-0.1, -0.05) is 65.3 Å². The predicted octanol–water partition coefficient (Wildman–Crippen LogP) is 9.66. The lowest BCUT2D eigenvalue weighted by molar-refractivity contribution is -0.756. The molecule has 5 aromatic rings. The highest BCUT2D eigenvalue weighted by Gasteiger charge is 2.50. The van der Waals surface area contributed by atoms with Crippen molar-refractivity contribution in [3.05, 3.63) is 113 Å². The van der Waals surface area contributed by atoms with E-state index in [0.29, 0.717) is 0 Å². The summed E-state index contributed by atoms with van der Waals surface area (Å²) < 4.78 is 27.0. The minimum Gasteiger partial charge on any atom is -0.497 e. The molecule has 3 heterocycles. The van der Waals surface area contributed by atoms with Gasteiger partial charge in [-0.15, -0.1) is 0 Å². The zero-order valence-corrected chi connectivity index (χ0v) is 29.2. The van der Waals surface area contributed by atoms with Gasteiger partial charge in [0.1, 0.15) is 18.6 Å². The molecule has 0 spiro atoms. The van der Waals surface area contributed by atoms with Crippen molar-refractivity contribution in [1.29, 1.82) is 0 Å². The molecule has 0 N–H and O–H groups in total. The molecule has 1 unspecified atom stereocenters. The number of ether oxygens (including phenoxy) is 1. The van der Waals surface area contributed by atoms with E-state index in [1.54, 1.807) is 13.2 Å². The first-order valence-electron chi connectivity index (χ1n) is 17.7. The summed E-state index contributed by atoms with van der Waals surface area (Å²) in [7, 11) is 3.84. The van der Waals surface area contributed by atoms with Crippen LogP contribution in [0.5, 0.6) is 5.75 Å². The summed E-state index contributed by atoms with van der Waals surface area (Å²) in [6.07, 6.45) is 11.7. The average molecular weight is 629 g/mol. The molecule has 0 radical (unpaired) electrons. The van der Waals surface area contributed by atoms with Gasteiger partial charge in [-0.05, 0) is 77.1 Å². The molecule has 7 rings (SSSR count). The van der Waals surface area contributed by atoms with Crippen molar-refractivity contribution in [2.75, 3.05) is 7.11 Å². The first-order valence-corrected chi connectivity index (χ1v) is 17.7. The number of hydrogen-bond donors (Lipinski definition) is 0.